The first-order chi connectivity index (χ1) is 41.4. The molecular formula is C75H141N2O7P. The van der Waals surface area contributed by atoms with E-state index in [4.69, 9.17) is 13.8 Å². The summed E-state index contributed by atoms with van der Waals surface area (Å²) in [6.07, 6.45) is 83.4. The number of esters is 1. The number of phosphoric acid groups is 1. The zero-order valence-electron chi connectivity index (χ0n) is 57.1. The summed E-state index contributed by atoms with van der Waals surface area (Å²) in [4.78, 5) is 40.2. The monoisotopic (exact) mass is 1210 g/mol. The van der Waals surface area contributed by atoms with Gasteiger partial charge in [-0.15, -0.1) is 0 Å². The quantitative estimate of drug-likeness (QED) is 0.0212. The molecule has 0 aromatic rings. The molecule has 10 heteroatoms. The standard InChI is InChI=1S/C75H141N2O7P/c1-7-10-13-16-19-22-25-28-30-32-34-36-38-40-42-44-46-49-52-55-58-61-64-67-74(78)76-72(71-83-85(80,81)82-70-69-77(4,5)6)73(66-63-60-57-54-51-48-27-24-21-18-15-12-9-3)84-75(79)68-65-62-59-56-53-50-47-45-43-41-39-37-35-33-31-29-26-23-20-17-14-11-8-2/h19-20,22-23,28-31,63,66,72-73H,7-18,21,24-27,32-62,64-65,67-71H2,1-6H3,(H-,76,78,80,81)/b22-19-,23-20-,30-28-,31-29-,66-63+. The van der Waals surface area contributed by atoms with Crippen molar-refractivity contribution in [2.24, 2.45) is 0 Å². The van der Waals surface area contributed by atoms with Crippen LogP contribution < -0.4 is 10.2 Å². The Morgan fingerprint density at radius 1 is 0.412 bits per heavy atom. The molecule has 3 unspecified atom stereocenters. The number of ether oxygens (including phenoxy) is 1. The summed E-state index contributed by atoms with van der Waals surface area (Å²) in [6.45, 7) is 6.85. The van der Waals surface area contributed by atoms with Gasteiger partial charge in [0, 0.05) is 12.8 Å². The minimum absolute atomic E-state index is 0.0220. The second-order valence-electron chi connectivity index (χ2n) is 26.1. The van der Waals surface area contributed by atoms with E-state index < -0.39 is 20.0 Å². The van der Waals surface area contributed by atoms with Gasteiger partial charge in [0.05, 0.1) is 33.8 Å². The number of likely N-dealkylation sites (N-methyl/N-ethyl adjacent to an activating group) is 1. The van der Waals surface area contributed by atoms with E-state index in [1.807, 2.05) is 33.3 Å². The van der Waals surface area contributed by atoms with E-state index in [9.17, 15) is 19.0 Å². The highest BCUT2D eigenvalue weighted by Crippen LogP contribution is 2.38. The molecule has 0 bridgehead atoms. The molecule has 9 nitrogen and oxygen atoms in total. The van der Waals surface area contributed by atoms with Crippen molar-refractivity contribution in [2.45, 2.75) is 367 Å². The maximum absolute atomic E-state index is 13.6. The van der Waals surface area contributed by atoms with Crippen LogP contribution in [-0.4, -0.2) is 69.4 Å². The molecule has 0 fully saturated rings. The fourth-order valence-corrected chi connectivity index (χ4v) is 11.5. The fraction of sp³-hybridized carbons (Fsp3) is 0.840. The normalized spacial score (nSPS) is 13.8. The molecule has 0 saturated heterocycles. The van der Waals surface area contributed by atoms with Crippen molar-refractivity contribution in [2.75, 3.05) is 40.9 Å². The number of nitrogens with zero attached hydrogens (tertiary/aromatic N) is 1. The molecule has 0 spiro atoms. The maximum Gasteiger partial charge on any atom is 0.306 e. The molecule has 498 valence electrons. The van der Waals surface area contributed by atoms with E-state index in [-0.39, 0.29) is 31.5 Å². The van der Waals surface area contributed by atoms with Gasteiger partial charge < -0.3 is 28.5 Å². The molecule has 85 heavy (non-hydrogen) atoms. The molecule has 1 N–H and O–H groups in total. The number of rotatable bonds is 67. The lowest BCUT2D eigenvalue weighted by Gasteiger charge is -2.30. The molecule has 3 atom stereocenters. The van der Waals surface area contributed by atoms with Gasteiger partial charge in [-0.1, -0.05) is 307 Å². The van der Waals surface area contributed by atoms with E-state index in [1.54, 1.807) is 0 Å². The third-order valence-electron chi connectivity index (χ3n) is 16.4. The molecular weight excluding hydrogens is 1070 g/mol. The molecule has 1 amide bonds. The van der Waals surface area contributed by atoms with Crippen molar-refractivity contribution < 1.29 is 37.3 Å². The van der Waals surface area contributed by atoms with Crippen LogP contribution in [0.4, 0.5) is 0 Å². The van der Waals surface area contributed by atoms with Crippen LogP contribution in [0.3, 0.4) is 0 Å². The van der Waals surface area contributed by atoms with E-state index in [2.05, 4.69) is 74.7 Å². The zero-order chi connectivity index (χ0) is 62.1. The number of allylic oxidation sites excluding steroid dienone is 9. The zero-order valence-corrected chi connectivity index (χ0v) is 58.0. The van der Waals surface area contributed by atoms with Crippen LogP contribution in [0.15, 0.2) is 60.8 Å². The lowest BCUT2D eigenvalue weighted by Crippen LogP contribution is -2.47. The number of carbonyl (C=O) groups is 2. The van der Waals surface area contributed by atoms with E-state index in [0.717, 1.165) is 70.6 Å². The van der Waals surface area contributed by atoms with Gasteiger partial charge in [-0.2, -0.15) is 0 Å². The highest BCUT2D eigenvalue weighted by Gasteiger charge is 2.27. The number of quaternary nitrogens is 1. The number of hydrogen-bond acceptors (Lipinski definition) is 7. The summed E-state index contributed by atoms with van der Waals surface area (Å²) in [5.41, 5.74) is 0. The Bertz CT molecular complexity index is 1640. The van der Waals surface area contributed by atoms with Gasteiger partial charge in [-0.05, 0) is 96.0 Å². The SMILES string of the molecule is CCCCC/C=C\C/C=C\CCCCCCCCCCCCCCCC(=O)NC(COP(=O)([O-])OCC[N+](C)(C)C)C(/C=C/CCCCCCCCCCCCC)OC(=O)CCCCCCCCCCCCCCC/C=C\C/C=C\CCCCC. The van der Waals surface area contributed by atoms with Crippen LogP contribution in [0.2, 0.25) is 0 Å². The Hall–Kier alpha value is -2.29. The molecule has 0 rings (SSSR count). The highest BCUT2D eigenvalue weighted by atomic mass is 31.2. The summed E-state index contributed by atoms with van der Waals surface area (Å²) in [6, 6.07) is -0.890. The average Bonchev–Trinajstić information content (AvgIpc) is 3.52. The third kappa shape index (κ3) is 66.0. The first kappa shape index (κ1) is 82.7. The largest absolute Gasteiger partial charge is 0.756 e. The van der Waals surface area contributed by atoms with Gasteiger partial charge >= 0.3 is 5.97 Å². The molecule has 0 radical (unpaired) electrons. The van der Waals surface area contributed by atoms with Crippen LogP contribution in [-0.2, 0) is 27.9 Å². The van der Waals surface area contributed by atoms with Crippen LogP contribution in [0.25, 0.3) is 0 Å². The number of unbranched alkanes of at least 4 members (excludes halogenated alkanes) is 43. The molecule has 0 aliphatic heterocycles. The second kappa shape index (κ2) is 64.7. The van der Waals surface area contributed by atoms with Crippen molar-refractivity contribution in [3.63, 3.8) is 0 Å². The fourth-order valence-electron chi connectivity index (χ4n) is 10.8. The van der Waals surface area contributed by atoms with Crippen molar-refractivity contribution in [1.29, 1.82) is 0 Å². The summed E-state index contributed by atoms with van der Waals surface area (Å²) >= 11 is 0. The molecule has 0 saturated carbocycles. The van der Waals surface area contributed by atoms with Gasteiger partial charge in [0.2, 0.25) is 5.91 Å². The highest BCUT2D eigenvalue weighted by molar-refractivity contribution is 7.45. The first-order valence-corrected chi connectivity index (χ1v) is 38.1. The van der Waals surface area contributed by atoms with Crippen LogP contribution >= 0.6 is 7.82 Å². The Morgan fingerprint density at radius 2 is 0.718 bits per heavy atom. The van der Waals surface area contributed by atoms with Crippen molar-refractivity contribution in [3.8, 4) is 0 Å². The Morgan fingerprint density at radius 3 is 1.08 bits per heavy atom. The Labute approximate surface area is 528 Å². The van der Waals surface area contributed by atoms with E-state index in [0.29, 0.717) is 17.4 Å². The molecule has 0 aliphatic rings. The topological polar surface area (TPSA) is 114 Å². The molecule has 0 heterocycles. The molecule has 0 aromatic heterocycles. The lowest BCUT2D eigenvalue weighted by molar-refractivity contribution is -0.870. The Kier molecular flexibility index (Phi) is 62.9. The average molecular weight is 1210 g/mol. The summed E-state index contributed by atoms with van der Waals surface area (Å²) in [5.74, 6) is -0.528. The summed E-state index contributed by atoms with van der Waals surface area (Å²) in [7, 11) is 1.19. The molecule has 0 aromatic carbocycles. The number of nitrogens with one attached hydrogen (secondary N) is 1. The first-order valence-electron chi connectivity index (χ1n) is 36.6. The predicted octanol–water partition coefficient (Wildman–Crippen LogP) is 22.7. The van der Waals surface area contributed by atoms with Crippen molar-refractivity contribution in [3.05, 3.63) is 60.8 Å². The second-order valence-corrected chi connectivity index (χ2v) is 27.5. The lowest BCUT2D eigenvalue weighted by atomic mass is 10.0. The minimum atomic E-state index is -4.71. The van der Waals surface area contributed by atoms with Gasteiger partial charge in [-0.3, -0.25) is 14.2 Å². The summed E-state index contributed by atoms with van der Waals surface area (Å²) in [5, 5.41) is 3.05. The molecule has 0 aliphatic carbocycles. The van der Waals surface area contributed by atoms with Gasteiger partial charge in [0.25, 0.3) is 7.82 Å². The van der Waals surface area contributed by atoms with Crippen LogP contribution in [0.1, 0.15) is 355 Å². The summed E-state index contributed by atoms with van der Waals surface area (Å²) < 4.78 is 30.5. The predicted molar refractivity (Wildman–Crippen MR) is 367 cm³/mol. The van der Waals surface area contributed by atoms with Gasteiger partial charge in [0.15, 0.2) is 0 Å². The number of phosphoric ester groups is 1. The van der Waals surface area contributed by atoms with Crippen molar-refractivity contribution >= 4 is 19.7 Å². The van der Waals surface area contributed by atoms with E-state index >= 15 is 0 Å². The minimum Gasteiger partial charge on any atom is -0.756 e. The van der Waals surface area contributed by atoms with Crippen molar-refractivity contribution in [1.82, 2.24) is 5.32 Å². The van der Waals surface area contributed by atoms with Gasteiger partial charge in [0.1, 0.15) is 19.3 Å². The number of hydrogen-bond donors (Lipinski definition) is 1. The van der Waals surface area contributed by atoms with Crippen LogP contribution in [0, 0.1) is 0 Å². The Balaban J connectivity index is 5.06. The number of amides is 1. The van der Waals surface area contributed by atoms with Crippen LogP contribution in [0.5, 0.6) is 0 Å². The maximum atomic E-state index is 13.6. The van der Waals surface area contributed by atoms with E-state index in [1.165, 1.54) is 250 Å². The smallest absolute Gasteiger partial charge is 0.306 e. The van der Waals surface area contributed by atoms with Gasteiger partial charge in [-0.25, -0.2) is 0 Å². The number of carbonyl (C=O) groups excluding carboxylic acids is 2. The third-order valence-corrected chi connectivity index (χ3v) is 17.4.